The van der Waals surface area contributed by atoms with E-state index in [2.05, 4.69) is 20.9 Å². The van der Waals surface area contributed by atoms with Crippen LogP contribution in [0.25, 0.3) is 10.9 Å². The first-order valence-electron chi connectivity index (χ1n) is 10.9. The molecule has 5 rings (SSSR count). The number of fused-ring (bicyclic) bond motifs is 1. The van der Waals surface area contributed by atoms with E-state index in [0.29, 0.717) is 24.7 Å². The number of hydrogen-bond donors (Lipinski definition) is 0. The molecule has 1 amide bonds. The number of morpholine rings is 1. The number of nitrogens with zero attached hydrogens (tertiary/aromatic N) is 4. The molecule has 7 heteroatoms. The standard InChI is InChI=1S/C24H26N4O3/c29-24(21-8-7-18-4-1-2-5-20(18)26-21)28-12-9-19(10-13-28)31-23-22(6-3-11-25-23)27-14-16-30-17-15-27/h1-8,11,19H,9-10,12-17H2. The van der Waals surface area contributed by atoms with Crippen LogP contribution in [0.5, 0.6) is 5.88 Å². The minimum absolute atomic E-state index is 0.0176. The molecule has 0 saturated carbocycles. The first-order valence-corrected chi connectivity index (χ1v) is 10.9. The number of pyridine rings is 2. The third kappa shape index (κ3) is 4.32. The van der Waals surface area contributed by atoms with Crippen LogP contribution < -0.4 is 9.64 Å². The third-order valence-electron chi connectivity index (χ3n) is 5.93. The van der Waals surface area contributed by atoms with Gasteiger partial charge in [0.05, 0.1) is 18.7 Å². The number of para-hydroxylation sites is 1. The Morgan fingerprint density at radius 1 is 0.968 bits per heavy atom. The van der Waals surface area contributed by atoms with Crippen molar-refractivity contribution < 1.29 is 14.3 Å². The molecule has 4 heterocycles. The maximum absolute atomic E-state index is 13.0. The average molecular weight is 418 g/mol. The van der Waals surface area contributed by atoms with Gasteiger partial charge in [0.2, 0.25) is 5.88 Å². The smallest absolute Gasteiger partial charge is 0.272 e. The number of likely N-dealkylation sites (tertiary alicyclic amines) is 1. The van der Waals surface area contributed by atoms with Gasteiger partial charge in [-0.05, 0) is 24.3 Å². The van der Waals surface area contributed by atoms with Crippen LogP contribution in [0.15, 0.2) is 54.7 Å². The molecule has 0 aliphatic carbocycles. The topological polar surface area (TPSA) is 67.8 Å². The molecule has 2 saturated heterocycles. The third-order valence-corrected chi connectivity index (χ3v) is 5.93. The van der Waals surface area contributed by atoms with E-state index in [1.54, 1.807) is 6.20 Å². The molecule has 0 spiro atoms. The number of piperidine rings is 1. The second-order valence-corrected chi connectivity index (χ2v) is 7.93. The summed E-state index contributed by atoms with van der Waals surface area (Å²) >= 11 is 0. The van der Waals surface area contributed by atoms with Gasteiger partial charge >= 0.3 is 0 Å². The molecule has 0 bridgehead atoms. The molecule has 2 aliphatic heterocycles. The Morgan fingerprint density at radius 3 is 2.61 bits per heavy atom. The highest BCUT2D eigenvalue weighted by Gasteiger charge is 2.27. The van der Waals surface area contributed by atoms with Crippen molar-refractivity contribution in [3.8, 4) is 5.88 Å². The van der Waals surface area contributed by atoms with Crippen LogP contribution in [0.1, 0.15) is 23.3 Å². The van der Waals surface area contributed by atoms with Gasteiger partial charge in [0, 0.05) is 50.6 Å². The zero-order valence-electron chi connectivity index (χ0n) is 17.4. The van der Waals surface area contributed by atoms with Gasteiger partial charge in [-0.3, -0.25) is 4.79 Å². The Balaban J connectivity index is 1.22. The van der Waals surface area contributed by atoms with Gasteiger partial charge in [0.15, 0.2) is 0 Å². The van der Waals surface area contributed by atoms with Gasteiger partial charge in [0.1, 0.15) is 17.5 Å². The van der Waals surface area contributed by atoms with Gasteiger partial charge in [-0.25, -0.2) is 9.97 Å². The number of rotatable bonds is 4. The van der Waals surface area contributed by atoms with E-state index in [1.807, 2.05) is 47.4 Å². The fourth-order valence-electron chi connectivity index (χ4n) is 4.20. The first kappa shape index (κ1) is 19.8. The van der Waals surface area contributed by atoms with E-state index in [-0.39, 0.29) is 12.0 Å². The zero-order chi connectivity index (χ0) is 21.0. The second kappa shape index (κ2) is 8.89. The lowest BCUT2D eigenvalue weighted by Gasteiger charge is -2.33. The van der Waals surface area contributed by atoms with Crippen LogP contribution in [0.2, 0.25) is 0 Å². The number of ether oxygens (including phenoxy) is 2. The molecule has 0 atom stereocenters. The number of amides is 1. The van der Waals surface area contributed by atoms with Gasteiger partial charge in [-0.1, -0.05) is 24.3 Å². The van der Waals surface area contributed by atoms with E-state index < -0.39 is 0 Å². The Labute approximate surface area is 181 Å². The lowest BCUT2D eigenvalue weighted by atomic mass is 10.1. The van der Waals surface area contributed by atoms with Crippen LogP contribution in [0, 0.1) is 0 Å². The van der Waals surface area contributed by atoms with Crippen molar-refractivity contribution in [1.82, 2.24) is 14.9 Å². The normalized spacial score (nSPS) is 17.7. The van der Waals surface area contributed by atoms with Crippen molar-refractivity contribution >= 4 is 22.5 Å². The SMILES string of the molecule is O=C(c1ccc2ccccc2n1)N1CCC(Oc2ncccc2N2CCOCC2)CC1. The molecule has 0 unspecified atom stereocenters. The summed E-state index contributed by atoms with van der Waals surface area (Å²) in [7, 11) is 0. The average Bonchev–Trinajstić information content (AvgIpc) is 2.85. The van der Waals surface area contributed by atoms with Gasteiger partial charge < -0.3 is 19.3 Å². The Kier molecular flexibility index (Phi) is 5.67. The van der Waals surface area contributed by atoms with Crippen LogP contribution in [0.4, 0.5) is 5.69 Å². The van der Waals surface area contributed by atoms with E-state index in [0.717, 1.165) is 55.7 Å². The molecule has 7 nitrogen and oxygen atoms in total. The van der Waals surface area contributed by atoms with Gasteiger partial charge in [0.25, 0.3) is 5.91 Å². The number of hydrogen-bond acceptors (Lipinski definition) is 6. The van der Waals surface area contributed by atoms with Crippen LogP contribution in [-0.2, 0) is 4.74 Å². The summed E-state index contributed by atoms with van der Waals surface area (Å²) in [5.41, 5.74) is 2.36. The number of benzene rings is 1. The lowest BCUT2D eigenvalue weighted by Crippen LogP contribution is -2.42. The maximum Gasteiger partial charge on any atom is 0.272 e. The molecular formula is C24H26N4O3. The molecule has 3 aromatic rings. The fraction of sp³-hybridized carbons (Fsp3) is 0.375. The molecule has 2 fully saturated rings. The summed E-state index contributed by atoms with van der Waals surface area (Å²) in [6.07, 6.45) is 3.36. The van der Waals surface area contributed by atoms with E-state index in [9.17, 15) is 4.79 Å². The highest BCUT2D eigenvalue weighted by atomic mass is 16.5. The minimum atomic E-state index is -0.0176. The monoisotopic (exact) mass is 418 g/mol. The summed E-state index contributed by atoms with van der Waals surface area (Å²) in [5.74, 6) is 0.654. The zero-order valence-corrected chi connectivity index (χ0v) is 17.4. The fourth-order valence-corrected chi connectivity index (χ4v) is 4.20. The lowest BCUT2D eigenvalue weighted by molar-refractivity contribution is 0.0583. The predicted octanol–water partition coefficient (Wildman–Crippen LogP) is 3.15. The minimum Gasteiger partial charge on any atom is -0.473 e. The number of aromatic nitrogens is 2. The van der Waals surface area contributed by atoms with E-state index >= 15 is 0 Å². The molecular weight excluding hydrogens is 392 g/mol. The quantitative estimate of drug-likeness (QED) is 0.648. The highest BCUT2D eigenvalue weighted by Crippen LogP contribution is 2.29. The molecule has 2 aliphatic rings. The molecule has 2 aromatic heterocycles. The highest BCUT2D eigenvalue weighted by molar-refractivity contribution is 5.95. The van der Waals surface area contributed by atoms with E-state index in [4.69, 9.17) is 9.47 Å². The van der Waals surface area contributed by atoms with Crippen molar-refractivity contribution in [2.75, 3.05) is 44.3 Å². The van der Waals surface area contributed by atoms with E-state index in [1.165, 1.54) is 0 Å². The molecule has 31 heavy (non-hydrogen) atoms. The Hall–Kier alpha value is -3.19. The summed E-state index contributed by atoms with van der Waals surface area (Å²) in [6, 6.07) is 15.6. The summed E-state index contributed by atoms with van der Waals surface area (Å²) < 4.78 is 11.7. The summed E-state index contributed by atoms with van der Waals surface area (Å²) in [4.78, 5) is 26.1. The summed E-state index contributed by atoms with van der Waals surface area (Å²) in [5, 5.41) is 1.04. The van der Waals surface area contributed by atoms with Crippen LogP contribution in [0.3, 0.4) is 0 Å². The number of anilines is 1. The van der Waals surface area contributed by atoms with Crippen LogP contribution in [-0.4, -0.2) is 66.3 Å². The predicted molar refractivity (Wildman–Crippen MR) is 119 cm³/mol. The van der Waals surface area contributed by atoms with Crippen LogP contribution >= 0.6 is 0 Å². The van der Waals surface area contributed by atoms with Crippen molar-refractivity contribution in [2.45, 2.75) is 18.9 Å². The van der Waals surface area contributed by atoms with Crippen molar-refractivity contribution in [3.63, 3.8) is 0 Å². The second-order valence-electron chi connectivity index (χ2n) is 7.93. The van der Waals surface area contributed by atoms with Crippen molar-refractivity contribution in [3.05, 3.63) is 60.4 Å². The first-order chi connectivity index (χ1) is 15.3. The molecule has 1 aromatic carbocycles. The maximum atomic E-state index is 13.0. The van der Waals surface area contributed by atoms with Crippen molar-refractivity contribution in [1.29, 1.82) is 0 Å². The largest absolute Gasteiger partial charge is 0.473 e. The van der Waals surface area contributed by atoms with Gasteiger partial charge in [-0.2, -0.15) is 0 Å². The van der Waals surface area contributed by atoms with Gasteiger partial charge in [-0.15, -0.1) is 0 Å². The molecule has 0 radical (unpaired) electrons. The summed E-state index contributed by atoms with van der Waals surface area (Å²) in [6.45, 7) is 4.42. The molecule has 160 valence electrons. The Bertz CT molecular complexity index is 1060. The Morgan fingerprint density at radius 2 is 1.77 bits per heavy atom. The van der Waals surface area contributed by atoms with Crippen molar-refractivity contribution in [2.24, 2.45) is 0 Å². The number of carbonyl (C=O) groups excluding carboxylic acids is 1. The number of carbonyl (C=O) groups is 1. The molecule has 0 N–H and O–H groups in total.